The molecule has 0 aromatic carbocycles. The predicted molar refractivity (Wildman–Crippen MR) is 73.0 cm³/mol. The summed E-state index contributed by atoms with van der Waals surface area (Å²) in [6, 6.07) is 3.20. The molecule has 0 unspecified atom stereocenters. The number of hydrogen-bond donors (Lipinski definition) is 1. The van der Waals surface area contributed by atoms with Gasteiger partial charge in [0, 0.05) is 36.7 Å². The van der Waals surface area contributed by atoms with E-state index in [9.17, 15) is 4.79 Å². The van der Waals surface area contributed by atoms with Crippen LogP contribution in [0.25, 0.3) is 0 Å². The Morgan fingerprint density at radius 1 is 1.37 bits per heavy atom. The molecule has 19 heavy (non-hydrogen) atoms. The molecule has 5 nitrogen and oxygen atoms in total. The highest BCUT2D eigenvalue weighted by Gasteiger charge is 2.06. The zero-order valence-electron chi connectivity index (χ0n) is 10.4. The molecule has 2 heterocycles. The number of aromatic nitrogens is 3. The first-order valence-corrected chi connectivity index (χ1v) is 6.49. The topological polar surface area (TPSA) is 59.8 Å². The summed E-state index contributed by atoms with van der Waals surface area (Å²) in [6.45, 7) is 1.53. The maximum absolute atomic E-state index is 11.7. The second-order valence-corrected chi connectivity index (χ2v) is 4.56. The molecule has 0 aliphatic carbocycles. The zero-order chi connectivity index (χ0) is 13.5. The molecule has 0 aliphatic heterocycles. The van der Waals surface area contributed by atoms with E-state index in [-0.39, 0.29) is 5.91 Å². The molecule has 0 radical (unpaired) electrons. The Labute approximate surface area is 116 Å². The quantitative estimate of drug-likeness (QED) is 0.824. The Kier molecular flexibility index (Phi) is 4.92. The second-order valence-electron chi connectivity index (χ2n) is 4.12. The van der Waals surface area contributed by atoms with Crippen molar-refractivity contribution in [1.82, 2.24) is 19.9 Å². The molecule has 0 saturated heterocycles. The fourth-order valence-corrected chi connectivity index (χ4v) is 1.82. The minimum absolute atomic E-state index is 0.190. The van der Waals surface area contributed by atoms with E-state index in [1.54, 1.807) is 24.7 Å². The Balaban J connectivity index is 1.67. The molecule has 0 atom stereocenters. The molecule has 2 rings (SSSR count). The van der Waals surface area contributed by atoms with Gasteiger partial charge in [-0.25, -0.2) is 4.98 Å². The van der Waals surface area contributed by atoms with E-state index in [1.807, 2.05) is 10.8 Å². The fraction of sp³-hybridized carbons (Fsp3) is 0.308. The average molecular weight is 279 g/mol. The number of halogens is 1. The molecule has 0 bridgehead atoms. The number of carbonyl (C=O) groups is 1. The molecule has 1 amide bonds. The lowest BCUT2D eigenvalue weighted by atomic mass is 10.3. The highest BCUT2D eigenvalue weighted by molar-refractivity contribution is 6.30. The summed E-state index contributed by atoms with van der Waals surface area (Å²) < 4.78 is 2.01. The fourth-order valence-electron chi connectivity index (χ4n) is 1.66. The van der Waals surface area contributed by atoms with Gasteiger partial charge in [0.15, 0.2) is 0 Å². The van der Waals surface area contributed by atoms with Crippen LogP contribution in [-0.2, 0) is 6.54 Å². The number of carbonyl (C=O) groups excluding carboxylic acids is 1. The molecule has 0 aliphatic rings. The minimum Gasteiger partial charge on any atom is -0.351 e. The van der Waals surface area contributed by atoms with Crippen LogP contribution in [0, 0.1) is 0 Å². The van der Waals surface area contributed by atoms with Crippen LogP contribution in [0.3, 0.4) is 0 Å². The van der Waals surface area contributed by atoms with Crippen molar-refractivity contribution in [3.05, 3.63) is 47.8 Å². The van der Waals surface area contributed by atoms with Gasteiger partial charge in [-0.1, -0.05) is 11.6 Å². The van der Waals surface area contributed by atoms with Crippen molar-refractivity contribution in [2.24, 2.45) is 0 Å². The van der Waals surface area contributed by atoms with Gasteiger partial charge in [-0.15, -0.1) is 0 Å². The van der Waals surface area contributed by atoms with Gasteiger partial charge in [-0.05, 0) is 25.0 Å². The molecule has 1 N–H and O–H groups in total. The van der Waals surface area contributed by atoms with Gasteiger partial charge in [-0.3, -0.25) is 9.78 Å². The largest absolute Gasteiger partial charge is 0.351 e. The number of nitrogens with zero attached hydrogens (tertiary/aromatic N) is 3. The van der Waals surface area contributed by atoms with Crippen molar-refractivity contribution < 1.29 is 4.79 Å². The van der Waals surface area contributed by atoms with E-state index in [1.165, 1.54) is 6.20 Å². The zero-order valence-corrected chi connectivity index (χ0v) is 11.2. The van der Waals surface area contributed by atoms with E-state index in [2.05, 4.69) is 15.3 Å². The standard InChI is InChI=1S/C13H15ClN4O/c14-11-3-5-16-12(9-11)13(19)17-4-1-2-7-18-8-6-15-10-18/h3,5-6,8-10H,1-2,4,7H2,(H,17,19). The van der Waals surface area contributed by atoms with Crippen molar-refractivity contribution in [3.63, 3.8) is 0 Å². The lowest BCUT2D eigenvalue weighted by molar-refractivity contribution is 0.0948. The van der Waals surface area contributed by atoms with Gasteiger partial charge in [0.25, 0.3) is 5.91 Å². The van der Waals surface area contributed by atoms with Crippen LogP contribution < -0.4 is 5.32 Å². The second kappa shape index (κ2) is 6.89. The number of amides is 1. The third-order valence-electron chi connectivity index (χ3n) is 2.64. The van der Waals surface area contributed by atoms with Crippen molar-refractivity contribution >= 4 is 17.5 Å². The van der Waals surface area contributed by atoms with Crippen LogP contribution in [0.15, 0.2) is 37.1 Å². The van der Waals surface area contributed by atoms with Crippen LogP contribution in [0.4, 0.5) is 0 Å². The van der Waals surface area contributed by atoms with E-state index >= 15 is 0 Å². The summed E-state index contributed by atoms with van der Waals surface area (Å²) in [5.41, 5.74) is 0.349. The Morgan fingerprint density at radius 2 is 2.26 bits per heavy atom. The number of pyridine rings is 1. The van der Waals surface area contributed by atoms with E-state index < -0.39 is 0 Å². The Bertz CT molecular complexity index is 527. The third kappa shape index (κ3) is 4.37. The molecule has 0 spiro atoms. The number of aryl methyl sites for hydroxylation is 1. The molecular weight excluding hydrogens is 264 g/mol. The third-order valence-corrected chi connectivity index (χ3v) is 2.88. The highest BCUT2D eigenvalue weighted by Crippen LogP contribution is 2.07. The monoisotopic (exact) mass is 278 g/mol. The van der Waals surface area contributed by atoms with E-state index in [0.717, 1.165) is 19.4 Å². The summed E-state index contributed by atoms with van der Waals surface area (Å²) in [5.74, 6) is -0.190. The van der Waals surface area contributed by atoms with Crippen molar-refractivity contribution in [2.45, 2.75) is 19.4 Å². The van der Waals surface area contributed by atoms with Crippen LogP contribution in [0.2, 0.25) is 5.02 Å². The van der Waals surface area contributed by atoms with Gasteiger partial charge in [0.1, 0.15) is 5.69 Å². The lowest BCUT2D eigenvalue weighted by Gasteiger charge is -2.05. The van der Waals surface area contributed by atoms with Gasteiger partial charge < -0.3 is 9.88 Å². The molecular formula is C13H15ClN4O. The first kappa shape index (κ1) is 13.5. The maximum Gasteiger partial charge on any atom is 0.269 e. The number of hydrogen-bond acceptors (Lipinski definition) is 3. The average Bonchev–Trinajstić information content (AvgIpc) is 2.91. The lowest BCUT2D eigenvalue weighted by Crippen LogP contribution is -2.25. The minimum atomic E-state index is -0.190. The Hall–Kier alpha value is -1.88. The van der Waals surface area contributed by atoms with Gasteiger partial charge in [-0.2, -0.15) is 0 Å². The summed E-state index contributed by atoms with van der Waals surface area (Å²) in [4.78, 5) is 19.7. The summed E-state index contributed by atoms with van der Waals surface area (Å²) in [6.07, 6.45) is 8.88. The van der Waals surface area contributed by atoms with Crippen LogP contribution in [0.1, 0.15) is 23.3 Å². The number of unbranched alkanes of at least 4 members (excludes halogenated alkanes) is 1. The SMILES string of the molecule is O=C(NCCCCn1ccnc1)c1cc(Cl)ccn1. The van der Waals surface area contributed by atoms with Crippen LogP contribution >= 0.6 is 11.6 Å². The maximum atomic E-state index is 11.7. The van der Waals surface area contributed by atoms with E-state index in [0.29, 0.717) is 17.3 Å². The number of imidazole rings is 1. The molecule has 2 aromatic rings. The summed E-state index contributed by atoms with van der Waals surface area (Å²) in [5, 5.41) is 3.34. The molecule has 6 heteroatoms. The first-order valence-electron chi connectivity index (χ1n) is 6.11. The first-order chi connectivity index (χ1) is 9.25. The van der Waals surface area contributed by atoms with Crippen LogP contribution in [0.5, 0.6) is 0 Å². The predicted octanol–water partition coefficient (Wildman–Crippen LogP) is 2.14. The van der Waals surface area contributed by atoms with Crippen LogP contribution in [-0.4, -0.2) is 27.0 Å². The number of nitrogens with one attached hydrogen (secondary N) is 1. The van der Waals surface area contributed by atoms with Crippen molar-refractivity contribution in [3.8, 4) is 0 Å². The van der Waals surface area contributed by atoms with Crippen molar-refractivity contribution in [1.29, 1.82) is 0 Å². The molecule has 2 aromatic heterocycles. The van der Waals surface area contributed by atoms with E-state index in [4.69, 9.17) is 11.6 Å². The van der Waals surface area contributed by atoms with Gasteiger partial charge >= 0.3 is 0 Å². The molecule has 0 saturated carbocycles. The summed E-state index contributed by atoms with van der Waals surface area (Å²) >= 11 is 5.80. The molecule has 0 fully saturated rings. The van der Waals surface area contributed by atoms with Gasteiger partial charge in [0.2, 0.25) is 0 Å². The normalized spacial score (nSPS) is 10.4. The Morgan fingerprint density at radius 3 is 3.00 bits per heavy atom. The smallest absolute Gasteiger partial charge is 0.269 e. The molecule has 100 valence electrons. The summed E-state index contributed by atoms with van der Waals surface area (Å²) in [7, 11) is 0. The van der Waals surface area contributed by atoms with Crippen molar-refractivity contribution in [2.75, 3.05) is 6.54 Å². The highest BCUT2D eigenvalue weighted by atomic mass is 35.5. The number of rotatable bonds is 6. The van der Waals surface area contributed by atoms with Gasteiger partial charge in [0.05, 0.1) is 6.33 Å².